The van der Waals surface area contributed by atoms with Crippen molar-refractivity contribution in [1.82, 2.24) is 5.32 Å². The lowest BCUT2D eigenvalue weighted by molar-refractivity contribution is -0.139. The van der Waals surface area contributed by atoms with Crippen LogP contribution in [0.25, 0.3) is 0 Å². The quantitative estimate of drug-likeness (QED) is 0.340. The number of rotatable bonds is 9. The highest BCUT2D eigenvalue weighted by Gasteiger charge is 2.46. The third-order valence-electron chi connectivity index (χ3n) is 7.87. The molecule has 0 spiro atoms. The van der Waals surface area contributed by atoms with E-state index in [0.717, 1.165) is 28.1 Å². The topological polar surface area (TPSA) is 83.1 Å². The summed E-state index contributed by atoms with van der Waals surface area (Å²) in [7, 11) is 4.79. The minimum Gasteiger partial charge on any atom is -0.497 e. The summed E-state index contributed by atoms with van der Waals surface area (Å²) in [5, 5.41) is 3.40. The molecule has 2 aliphatic rings. The summed E-state index contributed by atoms with van der Waals surface area (Å²) >= 11 is 0. The second-order valence-corrected chi connectivity index (χ2v) is 10.3. The van der Waals surface area contributed by atoms with Gasteiger partial charge in [-0.05, 0) is 36.2 Å². The first-order valence-corrected chi connectivity index (χ1v) is 13.7. The second-order valence-electron chi connectivity index (χ2n) is 10.3. The van der Waals surface area contributed by atoms with E-state index in [-0.39, 0.29) is 18.3 Å². The fraction of sp³-hybridized carbons (Fsp3) is 0.294. The Labute approximate surface area is 240 Å². The van der Waals surface area contributed by atoms with E-state index in [9.17, 15) is 9.59 Å². The zero-order valence-electron chi connectivity index (χ0n) is 23.8. The first kappa shape index (κ1) is 28.0. The van der Waals surface area contributed by atoms with E-state index < -0.39 is 17.8 Å². The molecular formula is C34H35NO6. The van der Waals surface area contributed by atoms with Gasteiger partial charge in [0.1, 0.15) is 23.0 Å². The maximum atomic E-state index is 14.0. The lowest BCUT2D eigenvalue weighted by Crippen LogP contribution is -2.42. The van der Waals surface area contributed by atoms with Gasteiger partial charge < -0.3 is 24.3 Å². The molecule has 7 nitrogen and oxygen atoms in total. The number of allylic oxidation sites excluding steroid dienone is 3. The van der Waals surface area contributed by atoms with E-state index in [1.54, 1.807) is 27.4 Å². The Bertz CT molecular complexity index is 1470. The average molecular weight is 554 g/mol. The largest absolute Gasteiger partial charge is 0.497 e. The van der Waals surface area contributed by atoms with Crippen LogP contribution in [0.2, 0.25) is 0 Å². The maximum absolute atomic E-state index is 14.0. The maximum Gasteiger partial charge on any atom is 0.336 e. The first-order chi connectivity index (χ1) is 19.9. The lowest BCUT2D eigenvalue weighted by Gasteiger charge is -2.40. The van der Waals surface area contributed by atoms with Crippen molar-refractivity contribution in [1.29, 1.82) is 0 Å². The zero-order chi connectivity index (χ0) is 28.9. The Balaban J connectivity index is 1.53. The molecule has 0 radical (unpaired) electrons. The Kier molecular flexibility index (Phi) is 8.43. The van der Waals surface area contributed by atoms with Crippen molar-refractivity contribution in [3.8, 4) is 17.2 Å². The van der Waals surface area contributed by atoms with Crippen molar-refractivity contribution in [2.24, 2.45) is 5.92 Å². The molecule has 212 valence electrons. The van der Waals surface area contributed by atoms with E-state index in [4.69, 9.17) is 18.9 Å². The summed E-state index contributed by atoms with van der Waals surface area (Å²) < 4.78 is 22.3. The lowest BCUT2D eigenvalue weighted by atomic mass is 9.68. The standard InChI is InChI=1S/C34H35NO6/c1-21-31(34(37)41-17-16-22-8-6-5-7-9-22)32(27-15-14-26(39-3)20-30(27)40-4)33-28(35-21)18-24(19-29(33)36)23-10-12-25(38-2)13-11-23/h5-15,18,20,24,32-33,35H,16-17,19H2,1-4H3. The minimum atomic E-state index is -0.591. The summed E-state index contributed by atoms with van der Waals surface area (Å²) in [6.07, 6.45) is 3.02. The fourth-order valence-electron chi connectivity index (χ4n) is 5.80. The molecule has 0 saturated heterocycles. The molecule has 1 aliphatic carbocycles. The van der Waals surface area contributed by atoms with Crippen LogP contribution in [0.1, 0.15) is 41.9 Å². The van der Waals surface area contributed by atoms with Gasteiger partial charge in [-0.15, -0.1) is 0 Å². The number of methoxy groups -OCH3 is 3. The van der Waals surface area contributed by atoms with Gasteiger partial charge in [-0.2, -0.15) is 0 Å². The van der Waals surface area contributed by atoms with Gasteiger partial charge in [0.25, 0.3) is 0 Å². The van der Waals surface area contributed by atoms with Gasteiger partial charge in [0.2, 0.25) is 0 Å². The molecule has 3 aromatic carbocycles. The highest BCUT2D eigenvalue weighted by atomic mass is 16.5. The van der Waals surface area contributed by atoms with Crippen LogP contribution in [-0.2, 0) is 20.7 Å². The van der Waals surface area contributed by atoms with Crippen LogP contribution in [-0.4, -0.2) is 39.7 Å². The number of hydrogen-bond acceptors (Lipinski definition) is 7. The van der Waals surface area contributed by atoms with Gasteiger partial charge in [0, 0.05) is 47.7 Å². The van der Waals surface area contributed by atoms with Crippen LogP contribution >= 0.6 is 0 Å². The van der Waals surface area contributed by atoms with Crippen molar-refractivity contribution in [3.63, 3.8) is 0 Å². The van der Waals surface area contributed by atoms with Crippen LogP contribution < -0.4 is 19.5 Å². The summed E-state index contributed by atoms with van der Waals surface area (Å²) in [6, 6.07) is 23.1. The summed E-state index contributed by atoms with van der Waals surface area (Å²) in [5.41, 5.74) is 4.71. The molecular weight excluding hydrogens is 518 g/mol. The van der Waals surface area contributed by atoms with Crippen LogP contribution in [0.3, 0.4) is 0 Å². The molecule has 3 unspecified atom stereocenters. The summed E-state index contributed by atoms with van der Waals surface area (Å²) in [4.78, 5) is 27.7. The minimum absolute atomic E-state index is 0.0424. The number of fused-ring (bicyclic) bond motifs is 1. The Morgan fingerprint density at radius 2 is 1.59 bits per heavy atom. The zero-order valence-corrected chi connectivity index (χ0v) is 23.8. The Morgan fingerprint density at radius 1 is 0.878 bits per heavy atom. The highest BCUT2D eigenvalue weighted by Crippen LogP contribution is 2.49. The van der Waals surface area contributed by atoms with Crippen molar-refractivity contribution in [2.75, 3.05) is 27.9 Å². The molecule has 0 fully saturated rings. The number of ether oxygens (including phenoxy) is 4. The van der Waals surface area contributed by atoms with Gasteiger partial charge >= 0.3 is 5.97 Å². The van der Waals surface area contributed by atoms with E-state index in [0.29, 0.717) is 35.6 Å². The predicted octanol–water partition coefficient (Wildman–Crippen LogP) is 5.72. The molecule has 3 aromatic rings. The number of Topliss-reactive ketones (excluding diaryl/α,β-unsaturated/α-hetero) is 1. The number of carbonyl (C=O) groups excluding carboxylic acids is 2. The van der Waals surface area contributed by atoms with Gasteiger partial charge in [-0.3, -0.25) is 4.79 Å². The van der Waals surface area contributed by atoms with E-state index >= 15 is 0 Å². The predicted molar refractivity (Wildman–Crippen MR) is 156 cm³/mol. The molecule has 1 N–H and O–H groups in total. The molecule has 1 heterocycles. The number of ketones is 1. The summed E-state index contributed by atoms with van der Waals surface area (Å²) in [6.45, 7) is 2.09. The highest BCUT2D eigenvalue weighted by molar-refractivity contribution is 5.96. The fourth-order valence-corrected chi connectivity index (χ4v) is 5.80. The third kappa shape index (κ3) is 5.85. The molecule has 41 heavy (non-hydrogen) atoms. The van der Waals surface area contributed by atoms with Crippen molar-refractivity contribution < 1.29 is 28.5 Å². The molecule has 5 rings (SSSR count). The first-order valence-electron chi connectivity index (χ1n) is 13.7. The van der Waals surface area contributed by atoms with Crippen LogP contribution in [0, 0.1) is 5.92 Å². The normalized spacial score (nSPS) is 20.0. The number of nitrogens with one attached hydrogen (secondary N) is 1. The molecule has 0 amide bonds. The van der Waals surface area contributed by atoms with Crippen LogP contribution in [0.4, 0.5) is 0 Å². The average Bonchev–Trinajstić information content (AvgIpc) is 3.00. The van der Waals surface area contributed by atoms with Crippen molar-refractivity contribution in [2.45, 2.75) is 31.6 Å². The molecule has 0 aromatic heterocycles. The van der Waals surface area contributed by atoms with E-state index in [2.05, 4.69) is 11.4 Å². The van der Waals surface area contributed by atoms with Crippen molar-refractivity contribution >= 4 is 11.8 Å². The Hall–Kier alpha value is -4.52. The van der Waals surface area contributed by atoms with E-state index in [1.807, 2.05) is 73.7 Å². The van der Waals surface area contributed by atoms with Gasteiger partial charge in [0.05, 0.1) is 39.4 Å². The van der Waals surface area contributed by atoms with Gasteiger partial charge in [-0.25, -0.2) is 4.79 Å². The number of esters is 1. The number of carbonyl (C=O) groups is 2. The Morgan fingerprint density at radius 3 is 2.27 bits per heavy atom. The molecule has 3 atom stereocenters. The monoisotopic (exact) mass is 553 g/mol. The summed E-state index contributed by atoms with van der Waals surface area (Å²) in [5.74, 6) is 0.249. The molecule has 1 aliphatic heterocycles. The van der Waals surface area contributed by atoms with E-state index in [1.165, 1.54) is 0 Å². The SMILES string of the molecule is COc1ccc(C2C=C3NC(C)=C(C(=O)OCCc4ccccc4)C(c4ccc(OC)cc4OC)C3C(=O)C2)cc1. The molecule has 0 bridgehead atoms. The third-order valence-corrected chi connectivity index (χ3v) is 7.87. The molecule has 7 heteroatoms. The van der Waals surface area contributed by atoms with Gasteiger partial charge in [0.15, 0.2) is 0 Å². The second kappa shape index (κ2) is 12.3. The van der Waals surface area contributed by atoms with Gasteiger partial charge in [-0.1, -0.05) is 54.6 Å². The number of hydrogen-bond donors (Lipinski definition) is 1. The van der Waals surface area contributed by atoms with Crippen LogP contribution in [0.5, 0.6) is 17.2 Å². The molecule has 0 saturated carbocycles. The number of benzene rings is 3. The smallest absolute Gasteiger partial charge is 0.336 e. The van der Waals surface area contributed by atoms with Crippen molar-refractivity contribution in [3.05, 3.63) is 113 Å². The van der Waals surface area contributed by atoms with Crippen LogP contribution in [0.15, 0.2) is 95.8 Å².